The largest absolute Gasteiger partial charge is 0.322 e. The van der Waals surface area contributed by atoms with Gasteiger partial charge in [-0.2, -0.15) is 0 Å². The van der Waals surface area contributed by atoms with Crippen molar-refractivity contribution in [2.75, 3.05) is 5.32 Å². The van der Waals surface area contributed by atoms with Gasteiger partial charge >= 0.3 is 0 Å². The third-order valence-corrected chi connectivity index (χ3v) is 2.74. The van der Waals surface area contributed by atoms with Crippen LogP contribution in [0.3, 0.4) is 0 Å². The molecule has 0 aliphatic heterocycles. The van der Waals surface area contributed by atoms with Gasteiger partial charge < -0.3 is 5.32 Å². The van der Waals surface area contributed by atoms with Gasteiger partial charge in [0, 0.05) is 11.8 Å². The maximum absolute atomic E-state index is 13.3. The number of hydrogen-bond acceptors (Lipinski definition) is 1. The number of rotatable bonds is 3. The summed E-state index contributed by atoms with van der Waals surface area (Å²) in [6.45, 7) is 1.65. The van der Waals surface area contributed by atoms with Crippen LogP contribution in [0.1, 0.15) is 11.1 Å². The molecule has 0 saturated carbocycles. The Balaban J connectivity index is 2.01. The number of hydrogen-bond donors (Lipinski definition) is 1. The van der Waals surface area contributed by atoms with Crippen LogP contribution in [0.5, 0.6) is 0 Å². The van der Waals surface area contributed by atoms with Crippen LogP contribution >= 0.6 is 0 Å². The highest BCUT2D eigenvalue weighted by molar-refractivity contribution is 6.01. The molecule has 1 N–H and O–H groups in total. The SMILES string of the molecule is Cc1ccc(NC(=O)C=Cc2ccc(F)cc2)cc1F. The minimum absolute atomic E-state index is 0.332. The molecule has 0 aliphatic carbocycles. The van der Waals surface area contributed by atoms with E-state index in [1.165, 1.54) is 24.3 Å². The summed E-state index contributed by atoms with van der Waals surface area (Å²) < 4.78 is 26.0. The van der Waals surface area contributed by atoms with Crippen molar-refractivity contribution in [2.24, 2.45) is 0 Å². The fourth-order valence-corrected chi connectivity index (χ4v) is 1.60. The molecule has 0 fully saturated rings. The Bertz CT molecular complexity index is 648. The lowest BCUT2D eigenvalue weighted by molar-refractivity contribution is -0.111. The average molecular weight is 273 g/mol. The lowest BCUT2D eigenvalue weighted by atomic mass is 10.2. The second-order valence-corrected chi connectivity index (χ2v) is 4.34. The number of carbonyl (C=O) groups excluding carboxylic acids is 1. The van der Waals surface area contributed by atoms with Crippen molar-refractivity contribution in [1.29, 1.82) is 0 Å². The minimum Gasteiger partial charge on any atom is -0.322 e. The maximum atomic E-state index is 13.3. The van der Waals surface area contributed by atoms with Gasteiger partial charge in [-0.3, -0.25) is 4.79 Å². The third-order valence-electron chi connectivity index (χ3n) is 2.74. The summed E-state index contributed by atoms with van der Waals surface area (Å²) in [4.78, 5) is 11.7. The van der Waals surface area contributed by atoms with Gasteiger partial charge in [0.25, 0.3) is 0 Å². The lowest BCUT2D eigenvalue weighted by Crippen LogP contribution is -2.08. The highest BCUT2D eigenvalue weighted by Gasteiger charge is 2.01. The molecule has 1 amide bonds. The molecule has 2 nitrogen and oxygen atoms in total. The summed E-state index contributed by atoms with van der Waals surface area (Å²) in [7, 11) is 0. The van der Waals surface area contributed by atoms with Crippen LogP contribution in [0.15, 0.2) is 48.5 Å². The highest BCUT2D eigenvalue weighted by Crippen LogP contribution is 2.13. The zero-order valence-corrected chi connectivity index (χ0v) is 10.9. The van der Waals surface area contributed by atoms with Gasteiger partial charge in [-0.05, 0) is 48.4 Å². The van der Waals surface area contributed by atoms with Gasteiger partial charge in [0.05, 0.1) is 0 Å². The van der Waals surface area contributed by atoms with Crippen LogP contribution in [-0.2, 0) is 4.79 Å². The monoisotopic (exact) mass is 273 g/mol. The first-order valence-electron chi connectivity index (χ1n) is 6.05. The fraction of sp³-hybridized carbons (Fsp3) is 0.0625. The van der Waals surface area contributed by atoms with Crippen molar-refractivity contribution < 1.29 is 13.6 Å². The van der Waals surface area contributed by atoms with E-state index in [1.807, 2.05) is 0 Å². The topological polar surface area (TPSA) is 29.1 Å². The molecule has 0 bridgehead atoms. The highest BCUT2D eigenvalue weighted by atomic mass is 19.1. The molecular formula is C16H13F2NO. The van der Waals surface area contributed by atoms with Crippen LogP contribution in [0.4, 0.5) is 14.5 Å². The summed E-state index contributed by atoms with van der Waals surface area (Å²) >= 11 is 0. The van der Waals surface area contributed by atoms with Crippen molar-refractivity contribution in [3.8, 4) is 0 Å². The number of nitrogens with one attached hydrogen (secondary N) is 1. The predicted molar refractivity (Wildman–Crippen MR) is 75.2 cm³/mol. The number of anilines is 1. The summed E-state index contributed by atoms with van der Waals surface area (Å²) in [5.41, 5.74) is 1.61. The molecule has 4 heteroatoms. The Kier molecular flexibility index (Phi) is 4.25. The Labute approximate surface area is 115 Å². The number of halogens is 2. The molecule has 0 spiro atoms. The fourth-order valence-electron chi connectivity index (χ4n) is 1.60. The van der Waals surface area contributed by atoms with Crippen molar-refractivity contribution in [3.05, 3.63) is 71.3 Å². The Hall–Kier alpha value is -2.49. The second kappa shape index (κ2) is 6.10. The molecule has 20 heavy (non-hydrogen) atoms. The van der Waals surface area contributed by atoms with Gasteiger partial charge in [0.1, 0.15) is 11.6 Å². The quantitative estimate of drug-likeness (QED) is 0.844. The molecule has 0 saturated heterocycles. The van der Waals surface area contributed by atoms with Crippen LogP contribution in [0, 0.1) is 18.6 Å². The molecule has 102 valence electrons. The van der Waals surface area contributed by atoms with E-state index in [0.717, 1.165) is 0 Å². The first kappa shape index (κ1) is 13.9. The van der Waals surface area contributed by atoms with Crippen LogP contribution in [0.2, 0.25) is 0 Å². The maximum Gasteiger partial charge on any atom is 0.248 e. The van der Waals surface area contributed by atoms with Gasteiger partial charge in [-0.25, -0.2) is 8.78 Å². The summed E-state index contributed by atoms with van der Waals surface area (Å²) in [6.07, 6.45) is 2.87. The zero-order chi connectivity index (χ0) is 14.5. The zero-order valence-electron chi connectivity index (χ0n) is 10.9. The Morgan fingerprint density at radius 3 is 2.45 bits per heavy atom. The van der Waals surface area contributed by atoms with Crippen molar-refractivity contribution in [3.63, 3.8) is 0 Å². The van der Waals surface area contributed by atoms with E-state index in [9.17, 15) is 13.6 Å². The number of benzene rings is 2. The van der Waals surface area contributed by atoms with Crippen LogP contribution in [-0.4, -0.2) is 5.91 Å². The Morgan fingerprint density at radius 1 is 1.10 bits per heavy atom. The van der Waals surface area contributed by atoms with Crippen molar-refractivity contribution >= 4 is 17.7 Å². The van der Waals surface area contributed by atoms with E-state index in [-0.39, 0.29) is 17.5 Å². The minimum atomic E-state index is -0.377. The van der Waals surface area contributed by atoms with Gasteiger partial charge in [-0.15, -0.1) is 0 Å². The van der Waals surface area contributed by atoms with Crippen molar-refractivity contribution in [1.82, 2.24) is 0 Å². The van der Waals surface area contributed by atoms with Crippen molar-refractivity contribution in [2.45, 2.75) is 6.92 Å². The molecule has 0 unspecified atom stereocenters. The van der Waals surface area contributed by atoms with E-state index in [2.05, 4.69) is 5.32 Å². The summed E-state index contributed by atoms with van der Waals surface area (Å²) in [5.74, 6) is -1.08. The number of aryl methyl sites for hydroxylation is 1. The molecular weight excluding hydrogens is 260 g/mol. The molecule has 0 heterocycles. The van der Waals surface area contributed by atoms with Gasteiger partial charge in [-0.1, -0.05) is 18.2 Å². The average Bonchev–Trinajstić information content (AvgIpc) is 2.42. The van der Waals surface area contributed by atoms with Crippen LogP contribution in [0.25, 0.3) is 6.08 Å². The molecule has 2 aromatic carbocycles. The van der Waals surface area contributed by atoms with Gasteiger partial charge in [0.15, 0.2) is 0 Å². The molecule has 0 radical (unpaired) electrons. The normalized spacial score (nSPS) is 10.8. The standard InChI is InChI=1S/C16H13F2NO/c1-11-2-8-14(10-15(11)18)19-16(20)9-5-12-3-6-13(17)7-4-12/h2-10H,1H3,(H,19,20). The predicted octanol–water partition coefficient (Wildman–Crippen LogP) is 3.93. The summed E-state index contributed by atoms with van der Waals surface area (Å²) in [5, 5.41) is 2.55. The van der Waals surface area contributed by atoms with Crippen LogP contribution < -0.4 is 5.32 Å². The number of amides is 1. The van der Waals surface area contributed by atoms with E-state index < -0.39 is 0 Å². The lowest BCUT2D eigenvalue weighted by Gasteiger charge is -2.03. The molecule has 0 atom stereocenters. The Morgan fingerprint density at radius 2 is 1.80 bits per heavy atom. The smallest absolute Gasteiger partial charge is 0.248 e. The van der Waals surface area contributed by atoms with E-state index in [0.29, 0.717) is 16.8 Å². The molecule has 2 rings (SSSR count). The third kappa shape index (κ3) is 3.75. The van der Waals surface area contributed by atoms with E-state index in [4.69, 9.17) is 0 Å². The van der Waals surface area contributed by atoms with E-state index in [1.54, 1.807) is 37.3 Å². The molecule has 2 aromatic rings. The molecule has 0 aliphatic rings. The first-order chi connectivity index (χ1) is 9.54. The van der Waals surface area contributed by atoms with Gasteiger partial charge in [0.2, 0.25) is 5.91 Å². The second-order valence-electron chi connectivity index (χ2n) is 4.34. The van der Waals surface area contributed by atoms with E-state index >= 15 is 0 Å². The molecule has 0 aromatic heterocycles. The first-order valence-corrected chi connectivity index (χ1v) is 6.05. The number of carbonyl (C=O) groups is 1. The summed E-state index contributed by atoms with van der Waals surface area (Å²) in [6, 6.07) is 10.2.